The Balaban J connectivity index is 0.000000281. The molecule has 0 bridgehead atoms. The van der Waals surface area contributed by atoms with Gasteiger partial charge in [-0.1, -0.05) is 19.8 Å². The maximum atomic E-state index is 10.1. The first-order chi connectivity index (χ1) is 7.57. The molecule has 4 N–H and O–H groups in total. The molecule has 7 heteroatoms. The molecule has 1 heterocycles. The molecule has 6 nitrogen and oxygen atoms in total. The molecule has 0 radical (unpaired) electrons. The van der Waals surface area contributed by atoms with E-state index >= 15 is 0 Å². The van der Waals surface area contributed by atoms with Crippen LogP contribution in [-0.4, -0.2) is 21.5 Å². The van der Waals surface area contributed by atoms with Gasteiger partial charge < -0.3 is 10.8 Å². The summed E-state index contributed by atoms with van der Waals surface area (Å²) in [5.74, 6) is -0.182. The van der Waals surface area contributed by atoms with Crippen LogP contribution in [0.15, 0.2) is 11.6 Å². The maximum Gasteiger partial charge on any atom is 0.437 e. The molecular formula is C9H17N3O3S. The Labute approximate surface area is 99.0 Å². The molecular weight excluding hydrogens is 230 g/mol. The van der Waals surface area contributed by atoms with Crippen LogP contribution in [0.5, 0.6) is 0 Å². The van der Waals surface area contributed by atoms with Crippen molar-refractivity contribution in [2.45, 2.75) is 32.6 Å². The summed E-state index contributed by atoms with van der Waals surface area (Å²) < 4.78 is 1.00. The van der Waals surface area contributed by atoms with Gasteiger partial charge in [-0.2, -0.15) is 4.41 Å². The Morgan fingerprint density at radius 2 is 2.19 bits per heavy atom. The second-order valence-corrected chi connectivity index (χ2v) is 3.89. The number of carbonyl (C=O) groups excluding carboxylic acids is 1. The van der Waals surface area contributed by atoms with Crippen LogP contribution in [0.2, 0.25) is 0 Å². The number of nitrogens with one attached hydrogen (secondary N) is 1. The standard InChI is InChI=1S/C6H13NO.C3H4N2O2S/c1-2-3-4-5-6(7)8;6-3(7)5-4-1-2-8-5/h2-5H2,1H3,(H2,7,8);1-2,4H,(H,6,7). The summed E-state index contributed by atoms with van der Waals surface area (Å²) in [5, 5.41) is 9.86. The lowest BCUT2D eigenvalue weighted by Crippen LogP contribution is -2.28. The lowest BCUT2D eigenvalue weighted by molar-refractivity contribution is -0.118. The normalized spacial score (nSPS) is 12.7. The first kappa shape index (κ1) is 14.6. The summed E-state index contributed by atoms with van der Waals surface area (Å²) in [6.45, 7) is 2.10. The van der Waals surface area contributed by atoms with E-state index in [0.29, 0.717) is 6.42 Å². The third kappa shape index (κ3) is 7.98. The molecule has 0 spiro atoms. The van der Waals surface area contributed by atoms with Crippen LogP contribution >= 0.6 is 11.9 Å². The number of hydrazine groups is 1. The van der Waals surface area contributed by atoms with Crippen LogP contribution in [0.25, 0.3) is 0 Å². The summed E-state index contributed by atoms with van der Waals surface area (Å²) in [4.78, 5) is 20.1. The Morgan fingerprint density at radius 1 is 1.50 bits per heavy atom. The van der Waals surface area contributed by atoms with Crippen molar-refractivity contribution < 1.29 is 14.7 Å². The quantitative estimate of drug-likeness (QED) is 0.518. The molecule has 0 aromatic carbocycles. The molecule has 0 aromatic rings. The largest absolute Gasteiger partial charge is 0.463 e. The molecule has 1 aliphatic heterocycles. The van der Waals surface area contributed by atoms with Crippen LogP contribution in [0.4, 0.5) is 4.79 Å². The van der Waals surface area contributed by atoms with E-state index in [9.17, 15) is 9.59 Å². The SMILES string of the molecule is CCCCCC(N)=O.O=C(O)N1NC=CS1. The molecule has 2 amide bonds. The summed E-state index contributed by atoms with van der Waals surface area (Å²) in [6, 6.07) is 0. The van der Waals surface area contributed by atoms with E-state index in [-0.39, 0.29) is 5.91 Å². The molecule has 1 rings (SSSR count). The van der Waals surface area contributed by atoms with Gasteiger partial charge in [0.05, 0.1) is 0 Å². The predicted molar refractivity (Wildman–Crippen MR) is 63.1 cm³/mol. The minimum Gasteiger partial charge on any atom is -0.463 e. The zero-order valence-corrected chi connectivity index (χ0v) is 10.00. The van der Waals surface area contributed by atoms with Crippen LogP contribution in [0, 0.1) is 0 Å². The topological polar surface area (TPSA) is 95.7 Å². The summed E-state index contributed by atoms with van der Waals surface area (Å²) in [6.07, 6.45) is 4.33. The van der Waals surface area contributed by atoms with Gasteiger partial charge in [0.1, 0.15) is 0 Å². The van der Waals surface area contributed by atoms with E-state index in [1.165, 1.54) is 0 Å². The van der Waals surface area contributed by atoms with Gasteiger partial charge in [-0.25, -0.2) is 4.79 Å². The molecule has 0 saturated carbocycles. The van der Waals surface area contributed by atoms with E-state index in [4.69, 9.17) is 10.8 Å². The number of carbonyl (C=O) groups is 2. The average molecular weight is 247 g/mol. The van der Waals surface area contributed by atoms with Gasteiger partial charge in [0.25, 0.3) is 0 Å². The van der Waals surface area contributed by atoms with Crippen molar-refractivity contribution in [3.63, 3.8) is 0 Å². The third-order valence-electron chi connectivity index (χ3n) is 1.63. The van der Waals surface area contributed by atoms with Gasteiger partial charge in [-0.3, -0.25) is 10.2 Å². The van der Waals surface area contributed by atoms with Crippen LogP contribution in [-0.2, 0) is 4.79 Å². The monoisotopic (exact) mass is 247 g/mol. The van der Waals surface area contributed by atoms with Gasteiger partial charge in [0.15, 0.2) is 0 Å². The summed E-state index contributed by atoms with van der Waals surface area (Å²) in [7, 11) is 0. The predicted octanol–water partition coefficient (Wildman–Crippen LogP) is 1.66. The number of nitrogens with zero attached hydrogens (tertiary/aromatic N) is 1. The van der Waals surface area contributed by atoms with Gasteiger partial charge in [-0.05, 0) is 6.42 Å². The molecule has 0 aromatic heterocycles. The van der Waals surface area contributed by atoms with Crippen LogP contribution < -0.4 is 11.2 Å². The summed E-state index contributed by atoms with van der Waals surface area (Å²) in [5.41, 5.74) is 7.37. The zero-order chi connectivity index (χ0) is 12.4. The molecule has 0 aliphatic carbocycles. The van der Waals surface area contributed by atoms with E-state index in [0.717, 1.165) is 35.6 Å². The Hall–Kier alpha value is -1.37. The number of nitrogens with two attached hydrogens (primary N) is 1. The number of hydrogen-bond donors (Lipinski definition) is 3. The lowest BCUT2D eigenvalue weighted by Gasteiger charge is -2.07. The molecule has 0 saturated heterocycles. The van der Waals surface area contributed by atoms with E-state index in [1.807, 2.05) is 0 Å². The Bertz CT molecular complexity index is 250. The number of hydrogen-bond acceptors (Lipinski definition) is 4. The van der Waals surface area contributed by atoms with Crippen molar-refractivity contribution in [1.29, 1.82) is 0 Å². The van der Waals surface area contributed by atoms with Gasteiger partial charge in [0.2, 0.25) is 5.91 Å². The molecule has 16 heavy (non-hydrogen) atoms. The van der Waals surface area contributed by atoms with Crippen molar-refractivity contribution in [2.24, 2.45) is 5.73 Å². The Morgan fingerprint density at radius 3 is 2.50 bits per heavy atom. The fourth-order valence-electron chi connectivity index (χ4n) is 0.869. The summed E-state index contributed by atoms with van der Waals surface area (Å²) >= 11 is 1.09. The zero-order valence-electron chi connectivity index (χ0n) is 9.18. The number of amides is 2. The highest BCUT2D eigenvalue weighted by Gasteiger charge is 2.11. The van der Waals surface area contributed by atoms with Crippen molar-refractivity contribution in [3.05, 3.63) is 11.6 Å². The first-order valence-corrected chi connectivity index (χ1v) is 5.81. The molecule has 1 aliphatic rings. The van der Waals surface area contributed by atoms with E-state index in [1.54, 1.807) is 11.6 Å². The maximum absolute atomic E-state index is 10.1. The van der Waals surface area contributed by atoms with E-state index < -0.39 is 6.09 Å². The van der Waals surface area contributed by atoms with E-state index in [2.05, 4.69) is 12.3 Å². The third-order valence-corrected chi connectivity index (χ3v) is 2.36. The average Bonchev–Trinajstić information content (AvgIpc) is 2.71. The second kappa shape index (κ2) is 8.90. The first-order valence-electron chi connectivity index (χ1n) is 4.97. The van der Waals surface area contributed by atoms with Gasteiger partial charge >= 0.3 is 6.09 Å². The lowest BCUT2D eigenvalue weighted by atomic mass is 10.2. The molecule has 92 valence electrons. The second-order valence-electron chi connectivity index (χ2n) is 3.04. The Kier molecular flexibility index (Phi) is 8.14. The number of primary amides is 1. The van der Waals surface area contributed by atoms with Crippen LogP contribution in [0.3, 0.4) is 0 Å². The van der Waals surface area contributed by atoms with Crippen molar-refractivity contribution in [2.75, 3.05) is 0 Å². The van der Waals surface area contributed by atoms with Gasteiger partial charge in [0, 0.05) is 30.0 Å². The van der Waals surface area contributed by atoms with Crippen molar-refractivity contribution in [3.8, 4) is 0 Å². The smallest absolute Gasteiger partial charge is 0.437 e. The van der Waals surface area contributed by atoms with Gasteiger partial charge in [-0.15, -0.1) is 0 Å². The fourth-order valence-corrected chi connectivity index (χ4v) is 1.32. The number of rotatable bonds is 4. The minimum absolute atomic E-state index is 0.182. The van der Waals surface area contributed by atoms with Crippen molar-refractivity contribution >= 4 is 23.9 Å². The highest BCUT2D eigenvalue weighted by molar-refractivity contribution is 8.00. The minimum atomic E-state index is -0.986. The van der Waals surface area contributed by atoms with Crippen molar-refractivity contribution in [1.82, 2.24) is 9.84 Å². The highest BCUT2D eigenvalue weighted by atomic mass is 32.2. The molecule has 0 atom stereocenters. The van der Waals surface area contributed by atoms with Crippen LogP contribution in [0.1, 0.15) is 32.6 Å². The highest BCUT2D eigenvalue weighted by Crippen LogP contribution is 2.12. The number of carboxylic acid groups (broad SMARTS) is 1. The number of unbranched alkanes of at least 4 members (excludes halogenated alkanes) is 2. The fraction of sp³-hybridized carbons (Fsp3) is 0.556. The molecule has 0 fully saturated rings. The molecule has 0 unspecified atom stereocenters.